The molecule has 1 fully saturated rings. The van der Waals surface area contributed by atoms with E-state index in [1.807, 2.05) is 13.1 Å². The van der Waals surface area contributed by atoms with Gasteiger partial charge < -0.3 is 4.79 Å². The zero-order valence-electron chi connectivity index (χ0n) is 9.72. The molecule has 0 atom stereocenters. The molecular weight excluding hydrogens is 200 g/mol. The minimum absolute atomic E-state index is 0.582. The molecule has 1 saturated heterocycles. The third-order valence-corrected chi connectivity index (χ3v) is 3.33. The fourth-order valence-electron chi connectivity index (χ4n) is 2.28. The van der Waals surface area contributed by atoms with Crippen molar-refractivity contribution in [2.24, 2.45) is 0 Å². The summed E-state index contributed by atoms with van der Waals surface area (Å²) in [4.78, 5) is 17.0. The number of nitrogens with zero attached hydrogens (tertiary/aromatic N) is 2. The topological polar surface area (TPSA) is 33.2 Å². The van der Waals surface area contributed by atoms with Crippen LogP contribution >= 0.6 is 0 Å². The van der Waals surface area contributed by atoms with Crippen molar-refractivity contribution in [2.75, 3.05) is 19.6 Å². The van der Waals surface area contributed by atoms with Gasteiger partial charge in [0.2, 0.25) is 0 Å². The van der Waals surface area contributed by atoms with E-state index in [1.165, 1.54) is 5.56 Å². The van der Waals surface area contributed by atoms with Crippen molar-refractivity contribution >= 4 is 6.29 Å². The predicted molar refractivity (Wildman–Crippen MR) is 63.5 cm³/mol. The van der Waals surface area contributed by atoms with Crippen molar-refractivity contribution < 1.29 is 4.79 Å². The van der Waals surface area contributed by atoms with Crippen molar-refractivity contribution in [1.29, 1.82) is 0 Å². The third kappa shape index (κ3) is 2.67. The average molecular weight is 218 g/mol. The highest BCUT2D eigenvalue weighted by molar-refractivity contribution is 5.52. The molecule has 0 amide bonds. The zero-order chi connectivity index (χ0) is 11.4. The molecule has 0 aromatic carbocycles. The molecule has 1 aromatic rings. The molecule has 3 heteroatoms. The van der Waals surface area contributed by atoms with Gasteiger partial charge >= 0.3 is 0 Å². The fraction of sp³-hybridized carbons (Fsp3) is 0.538. The molecule has 0 spiro atoms. The molecule has 3 nitrogen and oxygen atoms in total. The second-order valence-electron chi connectivity index (χ2n) is 4.47. The highest BCUT2D eigenvalue weighted by atomic mass is 16.1. The molecular formula is C13H18N2O. The van der Waals surface area contributed by atoms with Gasteiger partial charge in [0, 0.05) is 11.9 Å². The zero-order valence-corrected chi connectivity index (χ0v) is 9.72. The van der Waals surface area contributed by atoms with Gasteiger partial charge in [0.15, 0.2) is 0 Å². The van der Waals surface area contributed by atoms with Crippen molar-refractivity contribution in [2.45, 2.75) is 25.7 Å². The number of aldehydes is 1. The van der Waals surface area contributed by atoms with Gasteiger partial charge in [0.25, 0.3) is 0 Å². The molecule has 2 heterocycles. The van der Waals surface area contributed by atoms with E-state index in [2.05, 4.69) is 22.0 Å². The van der Waals surface area contributed by atoms with Crippen molar-refractivity contribution in [3.05, 3.63) is 29.6 Å². The summed E-state index contributed by atoms with van der Waals surface area (Å²) in [6, 6.07) is 4.26. The lowest BCUT2D eigenvalue weighted by Gasteiger charge is -2.30. The van der Waals surface area contributed by atoms with Crippen molar-refractivity contribution in [3.8, 4) is 0 Å². The molecule has 2 rings (SSSR count). The van der Waals surface area contributed by atoms with E-state index in [1.54, 1.807) is 0 Å². The number of rotatable bonds is 3. The van der Waals surface area contributed by atoms with E-state index < -0.39 is 0 Å². The molecule has 1 aliphatic rings. The maximum absolute atomic E-state index is 10.4. The summed E-state index contributed by atoms with van der Waals surface area (Å²) >= 11 is 0. The maximum atomic E-state index is 10.4. The van der Waals surface area contributed by atoms with Gasteiger partial charge in [-0.25, -0.2) is 0 Å². The Morgan fingerprint density at radius 1 is 1.44 bits per heavy atom. The summed E-state index contributed by atoms with van der Waals surface area (Å²) in [6.07, 6.45) is 5.26. The number of piperidine rings is 1. The van der Waals surface area contributed by atoms with Gasteiger partial charge in [0.1, 0.15) is 6.29 Å². The monoisotopic (exact) mass is 218 g/mol. The first-order chi connectivity index (χ1) is 7.79. The first kappa shape index (κ1) is 11.3. The summed E-state index contributed by atoms with van der Waals surface area (Å²) in [5.41, 5.74) is 2.42. The van der Waals surface area contributed by atoms with Crippen molar-refractivity contribution in [1.82, 2.24) is 9.88 Å². The Bertz CT molecular complexity index is 339. The molecule has 16 heavy (non-hydrogen) atoms. The lowest BCUT2D eigenvalue weighted by molar-refractivity contribution is -0.109. The maximum Gasteiger partial charge on any atom is 0.133 e. The van der Waals surface area contributed by atoms with E-state index in [0.717, 1.165) is 37.9 Å². The third-order valence-electron chi connectivity index (χ3n) is 3.33. The van der Waals surface area contributed by atoms with E-state index in [4.69, 9.17) is 0 Å². The summed E-state index contributed by atoms with van der Waals surface area (Å²) in [6.45, 7) is 4.64. The second kappa shape index (κ2) is 5.21. The summed E-state index contributed by atoms with van der Waals surface area (Å²) < 4.78 is 0. The van der Waals surface area contributed by atoms with Crippen LogP contribution < -0.4 is 0 Å². The van der Waals surface area contributed by atoms with Gasteiger partial charge in [-0.15, -0.1) is 0 Å². The fourth-order valence-corrected chi connectivity index (χ4v) is 2.28. The average Bonchev–Trinajstić information content (AvgIpc) is 2.32. The molecule has 1 aromatic heterocycles. The number of aryl methyl sites for hydroxylation is 1. The van der Waals surface area contributed by atoms with Gasteiger partial charge in [0.05, 0.1) is 6.54 Å². The number of carbonyl (C=O) groups excluding carboxylic acids is 1. The second-order valence-corrected chi connectivity index (χ2v) is 4.47. The molecule has 86 valence electrons. The van der Waals surface area contributed by atoms with Crippen LogP contribution in [0.15, 0.2) is 18.3 Å². The Balaban J connectivity index is 1.93. The summed E-state index contributed by atoms with van der Waals surface area (Å²) in [5.74, 6) is 0.621. The highest BCUT2D eigenvalue weighted by Gasteiger charge is 2.20. The Morgan fingerprint density at radius 3 is 2.75 bits per heavy atom. The van der Waals surface area contributed by atoms with Crippen LogP contribution in [0.4, 0.5) is 0 Å². The van der Waals surface area contributed by atoms with Crippen LogP contribution in [0.3, 0.4) is 0 Å². The number of hydrogen-bond donors (Lipinski definition) is 0. The first-order valence-electron chi connectivity index (χ1n) is 5.88. The van der Waals surface area contributed by atoms with Gasteiger partial charge in [-0.2, -0.15) is 0 Å². The van der Waals surface area contributed by atoms with E-state index in [-0.39, 0.29) is 0 Å². The van der Waals surface area contributed by atoms with Gasteiger partial charge in [-0.05, 0) is 50.4 Å². The van der Waals surface area contributed by atoms with Crippen LogP contribution in [0.2, 0.25) is 0 Å². The summed E-state index contributed by atoms with van der Waals surface area (Å²) in [5, 5.41) is 0. The normalized spacial score (nSPS) is 18.6. The Labute approximate surface area is 96.5 Å². The smallest absolute Gasteiger partial charge is 0.133 e. The SMILES string of the molecule is Cc1ccc(C2CCN(CC=O)CC2)cn1. The number of pyridine rings is 1. The minimum atomic E-state index is 0.582. The number of likely N-dealkylation sites (tertiary alicyclic amines) is 1. The lowest BCUT2D eigenvalue weighted by atomic mass is 9.90. The molecule has 1 aliphatic heterocycles. The van der Waals surface area contributed by atoms with E-state index >= 15 is 0 Å². The van der Waals surface area contributed by atoms with Crippen LogP contribution in [-0.2, 0) is 4.79 Å². The number of hydrogen-bond acceptors (Lipinski definition) is 3. The van der Waals surface area contributed by atoms with Crippen LogP contribution in [0.25, 0.3) is 0 Å². The Morgan fingerprint density at radius 2 is 2.19 bits per heavy atom. The van der Waals surface area contributed by atoms with E-state index in [0.29, 0.717) is 12.5 Å². The van der Waals surface area contributed by atoms with Gasteiger partial charge in [-0.1, -0.05) is 6.07 Å². The summed E-state index contributed by atoms with van der Waals surface area (Å²) in [7, 11) is 0. The quantitative estimate of drug-likeness (QED) is 0.725. The standard InChI is InChI=1S/C13H18N2O/c1-11-2-3-13(10-14-11)12-4-6-15(7-5-12)8-9-16/h2-3,9-10,12H,4-8H2,1H3. The molecule has 0 unspecified atom stereocenters. The van der Waals surface area contributed by atoms with Crippen molar-refractivity contribution in [3.63, 3.8) is 0 Å². The van der Waals surface area contributed by atoms with Crippen LogP contribution in [-0.4, -0.2) is 35.8 Å². The van der Waals surface area contributed by atoms with Crippen LogP contribution in [0.5, 0.6) is 0 Å². The first-order valence-corrected chi connectivity index (χ1v) is 5.88. The Hall–Kier alpha value is -1.22. The van der Waals surface area contributed by atoms with E-state index in [9.17, 15) is 4.79 Å². The molecule has 0 radical (unpaired) electrons. The number of carbonyl (C=O) groups is 1. The van der Waals surface area contributed by atoms with Gasteiger partial charge in [-0.3, -0.25) is 9.88 Å². The number of aromatic nitrogens is 1. The van der Waals surface area contributed by atoms with Crippen LogP contribution in [0, 0.1) is 6.92 Å². The predicted octanol–water partition coefficient (Wildman–Crippen LogP) is 1.77. The molecule has 0 aliphatic carbocycles. The highest BCUT2D eigenvalue weighted by Crippen LogP contribution is 2.27. The van der Waals surface area contributed by atoms with Crippen LogP contribution in [0.1, 0.15) is 30.0 Å². The molecule has 0 saturated carbocycles. The Kier molecular flexibility index (Phi) is 3.67. The largest absolute Gasteiger partial charge is 0.302 e. The molecule has 0 N–H and O–H groups in total. The minimum Gasteiger partial charge on any atom is -0.302 e. The molecule has 0 bridgehead atoms. The lowest BCUT2D eigenvalue weighted by Crippen LogP contribution is -2.34.